The number of hydrogen-bond acceptors (Lipinski definition) is 2. The molecule has 4 heteroatoms. The number of anilines is 2. The molecule has 0 radical (unpaired) electrons. The molecule has 0 bridgehead atoms. The van der Waals surface area contributed by atoms with E-state index in [9.17, 15) is 0 Å². The summed E-state index contributed by atoms with van der Waals surface area (Å²) in [4.78, 5) is 4.55. The van der Waals surface area contributed by atoms with Gasteiger partial charge in [0.25, 0.3) is 5.82 Å². The van der Waals surface area contributed by atoms with Gasteiger partial charge in [-0.2, -0.15) is 0 Å². The molecule has 0 spiro atoms. The van der Waals surface area contributed by atoms with Crippen LogP contribution in [0.1, 0.15) is 5.82 Å². The Morgan fingerprint density at radius 1 is 0.727 bits per heavy atom. The van der Waals surface area contributed by atoms with Crippen LogP contribution in [0.4, 0.5) is 11.4 Å². The van der Waals surface area contributed by atoms with Gasteiger partial charge in [0.1, 0.15) is 5.82 Å². The molecule has 5 aromatic rings. The second kappa shape index (κ2) is 7.24. The van der Waals surface area contributed by atoms with Gasteiger partial charge < -0.3 is 9.80 Å². The number of aryl methyl sites for hydroxylation is 2. The Hall–Kier alpha value is -4.05. The molecular weight excluding hydrogens is 404 g/mol. The summed E-state index contributed by atoms with van der Waals surface area (Å²) in [6.45, 7) is 0. The maximum absolute atomic E-state index is 2.29. The summed E-state index contributed by atoms with van der Waals surface area (Å²) in [6.07, 6.45) is 6.56. The van der Waals surface area contributed by atoms with E-state index in [1.54, 1.807) is 0 Å². The molecule has 1 aliphatic rings. The Morgan fingerprint density at radius 3 is 2.18 bits per heavy atom. The second-order valence-electron chi connectivity index (χ2n) is 8.79. The lowest BCUT2D eigenvalue weighted by atomic mass is 10.1. The van der Waals surface area contributed by atoms with Crippen molar-refractivity contribution in [3.63, 3.8) is 0 Å². The lowest BCUT2D eigenvalue weighted by Gasteiger charge is -2.17. The molecule has 0 atom stereocenters. The molecule has 4 aromatic carbocycles. The van der Waals surface area contributed by atoms with Crippen molar-refractivity contribution in [1.29, 1.82) is 0 Å². The van der Waals surface area contributed by atoms with E-state index in [2.05, 4.69) is 138 Å². The number of nitrogens with zero attached hydrogens (tertiary/aromatic N) is 4. The van der Waals surface area contributed by atoms with Crippen molar-refractivity contribution in [1.82, 2.24) is 4.57 Å². The molecule has 0 amide bonds. The van der Waals surface area contributed by atoms with Crippen LogP contribution in [0.5, 0.6) is 0 Å². The molecule has 4 nitrogen and oxygen atoms in total. The topological polar surface area (TPSA) is 15.3 Å². The van der Waals surface area contributed by atoms with E-state index >= 15 is 0 Å². The Bertz CT molecular complexity index is 1620. The molecule has 0 saturated carbocycles. The van der Waals surface area contributed by atoms with Crippen LogP contribution >= 0.6 is 0 Å². The average Bonchev–Trinajstić information content (AvgIpc) is 3.24. The highest BCUT2D eigenvalue weighted by molar-refractivity contribution is 6.04. The molecule has 1 aliphatic heterocycles. The van der Waals surface area contributed by atoms with E-state index in [1.807, 2.05) is 0 Å². The van der Waals surface area contributed by atoms with Gasteiger partial charge in [0, 0.05) is 30.9 Å². The molecule has 0 N–H and O–H groups in total. The van der Waals surface area contributed by atoms with Crippen molar-refractivity contribution in [3.05, 3.63) is 96.6 Å². The first-order valence-corrected chi connectivity index (χ1v) is 11.3. The monoisotopic (exact) mass is 431 g/mol. The summed E-state index contributed by atoms with van der Waals surface area (Å²) in [5.41, 5.74) is 4.99. The van der Waals surface area contributed by atoms with Crippen LogP contribution in [0.3, 0.4) is 0 Å². The fourth-order valence-corrected chi connectivity index (χ4v) is 5.33. The van der Waals surface area contributed by atoms with Gasteiger partial charge in [-0.05, 0) is 41.1 Å². The van der Waals surface area contributed by atoms with Crippen LogP contribution in [-0.4, -0.2) is 18.7 Å². The van der Waals surface area contributed by atoms with E-state index in [0.717, 1.165) is 11.6 Å². The van der Waals surface area contributed by atoms with Crippen LogP contribution < -0.4 is 14.4 Å². The Balaban J connectivity index is 1.42. The number of rotatable bonds is 2. The third kappa shape index (κ3) is 2.80. The maximum Gasteiger partial charge on any atom is 0.281 e. The minimum absolute atomic E-state index is 1.16. The normalized spacial score (nSPS) is 15.1. The fourth-order valence-electron chi connectivity index (χ4n) is 5.33. The van der Waals surface area contributed by atoms with Crippen molar-refractivity contribution in [2.24, 2.45) is 14.1 Å². The molecule has 0 aliphatic carbocycles. The minimum Gasteiger partial charge on any atom is -0.329 e. The van der Waals surface area contributed by atoms with Crippen LogP contribution in [0.2, 0.25) is 0 Å². The van der Waals surface area contributed by atoms with Gasteiger partial charge >= 0.3 is 0 Å². The fraction of sp³-hybridized carbons (Fsp3) is 0.138. The van der Waals surface area contributed by atoms with E-state index < -0.39 is 0 Å². The van der Waals surface area contributed by atoms with E-state index in [-0.39, 0.29) is 0 Å². The predicted molar refractivity (Wildman–Crippen MR) is 139 cm³/mol. The number of fused-ring (bicyclic) bond motifs is 6. The molecule has 0 unspecified atom stereocenters. The lowest BCUT2D eigenvalue weighted by Crippen LogP contribution is -2.30. The van der Waals surface area contributed by atoms with Crippen LogP contribution in [0, 0.1) is 0 Å². The Kier molecular flexibility index (Phi) is 4.31. The van der Waals surface area contributed by atoms with E-state index in [1.165, 1.54) is 44.0 Å². The van der Waals surface area contributed by atoms with Crippen molar-refractivity contribution < 1.29 is 4.57 Å². The van der Waals surface area contributed by atoms with Gasteiger partial charge in [-0.25, -0.2) is 9.13 Å². The van der Waals surface area contributed by atoms with Gasteiger partial charge in [0.05, 0.1) is 25.5 Å². The largest absolute Gasteiger partial charge is 0.329 e. The highest BCUT2D eigenvalue weighted by atomic mass is 15.4. The number of aromatic nitrogens is 2. The number of imidazole rings is 1. The molecule has 0 fully saturated rings. The number of benzene rings is 4. The zero-order valence-corrected chi connectivity index (χ0v) is 19.4. The highest BCUT2D eigenvalue weighted by Crippen LogP contribution is 2.44. The summed E-state index contributed by atoms with van der Waals surface area (Å²) in [7, 11) is 8.58. The first kappa shape index (κ1) is 19.6. The summed E-state index contributed by atoms with van der Waals surface area (Å²) >= 11 is 0. The van der Waals surface area contributed by atoms with Crippen molar-refractivity contribution in [2.45, 2.75) is 0 Å². The van der Waals surface area contributed by atoms with E-state index in [4.69, 9.17) is 0 Å². The molecule has 1 aromatic heterocycles. The van der Waals surface area contributed by atoms with Gasteiger partial charge in [0.2, 0.25) is 0 Å². The van der Waals surface area contributed by atoms with Crippen molar-refractivity contribution >= 4 is 50.0 Å². The quantitative estimate of drug-likeness (QED) is 0.331. The molecular formula is C29H27N4+. The van der Waals surface area contributed by atoms with Crippen LogP contribution in [0.25, 0.3) is 38.7 Å². The smallest absolute Gasteiger partial charge is 0.281 e. The third-order valence-electron chi connectivity index (χ3n) is 7.02. The van der Waals surface area contributed by atoms with Gasteiger partial charge in [-0.15, -0.1) is 0 Å². The third-order valence-corrected chi connectivity index (χ3v) is 7.02. The summed E-state index contributed by atoms with van der Waals surface area (Å²) < 4.78 is 4.55. The zero-order chi connectivity index (χ0) is 22.7. The van der Waals surface area contributed by atoms with E-state index in [0.29, 0.717) is 0 Å². The van der Waals surface area contributed by atoms with Crippen LogP contribution in [0.15, 0.2) is 90.8 Å². The molecule has 2 heterocycles. The number of allylic oxidation sites excluding steroid dienone is 2. The van der Waals surface area contributed by atoms with Crippen molar-refractivity contribution in [3.8, 4) is 0 Å². The molecule has 162 valence electrons. The molecule has 0 saturated heterocycles. The summed E-state index contributed by atoms with van der Waals surface area (Å²) in [6, 6.07) is 26.0. The first-order valence-electron chi connectivity index (χ1n) is 11.3. The van der Waals surface area contributed by atoms with Crippen molar-refractivity contribution in [2.75, 3.05) is 23.9 Å². The van der Waals surface area contributed by atoms with Crippen LogP contribution in [-0.2, 0) is 14.1 Å². The molecule has 33 heavy (non-hydrogen) atoms. The Labute approximate surface area is 193 Å². The minimum atomic E-state index is 1.16. The first-order chi connectivity index (χ1) is 16.1. The predicted octanol–water partition coefficient (Wildman–Crippen LogP) is 5.75. The lowest BCUT2D eigenvalue weighted by molar-refractivity contribution is -0.646. The second-order valence-corrected chi connectivity index (χ2v) is 8.79. The van der Waals surface area contributed by atoms with Gasteiger partial charge in [0.15, 0.2) is 11.0 Å². The Morgan fingerprint density at radius 2 is 1.39 bits per heavy atom. The highest BCUT2D eigenvalue weighted by Gasteiger charge is 2.27. The SMILES string of the molecule is CN1C(=CC=Cc2n(C)c3ccc4ccccc4c3[n+]2C)N(C)c2c1ccc1ccccc21. The van der Waals surface area contributed by atoms with Gasteiger partial charge in [-0.3, -0.25) is 0 Å². The summed E-state index contributed by atoms with van der Waals surface area (Å²) in [5.74, 6) is 2.31. The zero-order valence-electron chi connectivity index (χ0n) is 19.4. The number of hydrogen-bond donors (Lipinski definition) is 0. The average molecular weight is 432 g/mol. The maximum atomic E-state index is 2.29. The summed E-state index contributed by atoms with van der Waals surface area (Å²) in [5, 5.41) is 5.10. The molecule has 6 rings (SSSR count). The standard InChI is InChI=1S/C29H27N4/c1-30-24-18-16-20-10-5-7-12-22(20)28(24)32(3)26(30)14-9-15-27-31(2)25-19-17-21-11-6-8-13-23(21)29(25)33(27)4/h5-19H,1-4H3/q+1. The van der Waals surface area contributed by atoms with Gasteiger partial charge in [-0.1, -0.05) is 54.6 Å².